The number of nitrogens with one attached hydrogen (secondary N) is 2. The molecule has 0 radical (unpaired) electrons. The molecular formula is C13H12ClN5O2. The molecule has 0 bridgehead atoms. The maximum Gasteiger partial charge on any atom is 0.274 e. The molecule has 1 aromatic heterocycles. The summed E-state index contributed by atoms with van der Waals surface area (Å²) in [5.74, 6) is -0.561. The molecule has 0 unspecified atom stereocenters. The fraction of sp³-hybridized carbons (Fsp3) is 0.231. The van der Waals surface area contributed by atoms with Gasteiger partial charge < -0.3 is 10.2 Å². The van der Waals surface area contributed by atoms with E-state index in [4.69, 9.17) is 11.6 Å². The third-order valence-electron chi connectivity index (χ3n) is 3.30. The van der Waals surface area contributed by atoms with Gasteiger partial charge in [0.15, 0.2) is 5.69 Å². The molecule has 21 heavy (non-hydrogen) atoms. The fourth-order valence-corrected chi connectivity index (χ4v) is 2.36. The summed E-state index contributed by atoms with van der Waals surface area (Å²) in [5, 5.41) is 12.9. The highest BCUT2D eigenvalue weighted by molar-refractivity contribution is 6.30. The first-order valence-corrected chi connectivity index (χ1v) is 6.76. The molecule has 1 fully saturated rings. The molecule has 1 aromatic carbocycles. The monoisotopic (exact) mass is 305 g/mol. The first kappa shape index (κ1) is 13.6. The topological polar surface area (TPSA) is 91.0 Å². The van der Waals surface area contributed by atoms with Crippen LogP contribution in [-0.4, -0.2) is 39.8 Å². The first-order valence-electron chi connectivity index (χ1n) is 6.39. The highest BCUT2D eigenvalue weighted by Crippen LogP contribution is 2.23. The van der Waals surface area contributed by atoms with E-state index in [0.29, 0.717) is 18.0 Å². The van der Waals surface area contributed by atoms with Crippen molar-refractivity contribution in [3.63, 3.8) is 0 Å². The van der Waals surface area contributed by atoms with Gasteiger partial charge in [0.2, 0.25) is 5.91 Å². The molecule has 2 amide bonds. The zero-order chi connectivity index (χ0) is 14.8. The van der Waals surface area contributed by atoms with E-state index in [-0.39, 0.29) is 11.6 Å². The summed E-state index contributed by atoms with van der Waals surface area (Å²) in [4.78, 5) is 25.8. The van der Waals surface area contributed by atoms with E-state index in [1.165, 1.54) is 6.20 Å². The second kappa shape index (κ2) is 5.53. The Kier molecular flexibility index (Phi) is 3.57. The number of H-pyrrole nitrogens is 1. The number of rotatable bonds is 3. The number of aromatic amines is 1. The summed E-state index contributed by atoms with van der Waals surface area (Å²) in [5.41, 5.74) is 0.926. The molecule has 1 atom stereocenters. The smallest absolute Gasteiger partial charge is 0.274 e. The summed E-state index contributed by atoms with van der Waals surface area (Å²) in [6.45, 7) is 0.546. The van der Waals surface area contributed by atoms with Crippen molar-refractivity contribution >= 4 is 29.1 Å². The molecule has 2 heterocycles. The van der Waals surface area contributed by atoms with E-state index in [1.807, 2.05) is 0 Å². The van der Waals surface area contributed by atoms with Gasteiger partial charge in [0, 0.05) is 17.3 Å². The predicted molar refractivity (Wildman–Crippen MR) is 76.1 cm³/mol. The highest BCUT2D eigenvalue weighted by atomic mass is 35.5. The lowest BCUT2D eigenvalue weighted by atomic mass is 10.2. The Morgan fingerprint density at radius 2 is 2.14 bits per heavy atom. The first-order chi connectivity index (χ1) is 10.1. The van der Waals surface area contributed by atoms with E-state index < -0.39 is 11.9 Å². The van der Waals surface area contributed by atoms with Crippen molar-refractivity contribution < 1.29 is 9.59 Å². The van der Waals surface area contributed by atoms with Gasteiger partial charge in [-0.05, 0) is 30.7 Å². The van der Waals surface area contributed by atoms with Crippen molar-refractivity contribution in [1.82, 2.24) is 20.7 Å². The predicted octanol–water partition coefficient (Wildman–Crippen LogP) is 0.993. The number of hydrogen-bond donors (Lipinski definition) is 2. The normalized spacial score (nSPS) is 18.0. The molecule has 108 valence electrons. The van der Waals surface area contributed by atoms with Crippen LogP contribution in [0.5, 0.6) is 0 Å². The summed E-state index contributed by atoms with van der Waals surface area (Å²) in [7, 11) is 0. The van der Waals surface area contributed by atoms with E-state index in [9.17, 15) is 9.59 Å². The molecule has 0 saturated carbocycles. The van der Waals surface area contributed by atoms with Crippen LogP contribution in [0, 0.1) is 0 Å². The molecule has 8 heteroatoms. The summed E-state index contributed by atoms with van der Waals surface area (Å²) < 4.78 is 0. The fourth-order valence-electron chi connectivity index (χ4n) is 2.23. The van der Waals surface area contributed by atoms with Crippen LogP contribution in [0.3, 0.4) is 0 Å². The minimum atomic E-state index is -0.551. The van der Waals surface area contributed by atoms with Crippen LogP contribution < -0.4 is 10.2 Å². The lowest BCUT2D eigenvalue weighted by molar-refractivity contribution is -0.118. The van der Waals surface area contributed by atoms with Crippen LogP contribution in [0.4, 0.5) is 5.69 Å². The lowest BCUT2D eigenvalue weighted by Crippen LogP contribution is -2.41. The van der Waals surface area contributed by atoms with Gasteiger partial charge in [-0.1, -0.05) is 11.6 Å². The minimum Gasteiger partial charge on any atom is -0.339 e. The second-order valence-corrected chi connectivity index (χ2v) is 5.07. The maximum atomic E-state index is 12.3. The quantitative estimate of drug-likeness (QED) is 0.885. The molecule has 0 spiro atoms. The van der Waals surface area contributed by atoms with Gasteiger partial charge in [-0.15, -0.1) is 0 Å². The van der Waals surface area contributed by atoms with Gasteiger partial charge in [-0.25, -0.2) is 0 Å². The number of anilines is 1. The minimum absolute atomic E-state index is 0.144. The Labute approximate surface area is 125 Å². The number of aromatic nitrogens is 3. The molecule has 3 rings (SSSR count). The number of carbonyl (C=O) groups excluding carboxylic acids is 2. The Morgan fingerprint density at radius 3 is 2.81 bits per heavy atom. The molecule has 0 aliphatic carbocycles. The van der Waals surface area contributed by atoms with Gasteiger partial charge >= 0.3 is 0 Å². The third-order valence-corrected chi connectivity index (χ3v) is 3.55. The highest BCUT2D eigenvalue weighted by Gasteiger charge is 2.34. The molecular weight excluding hydrogens is 294 g/mol. The third kappa shape index (κ3) is 2.73. The molecule has 1 aliphatic rings. The summed E-state index contributed by atoms with van der Waals surface area (Å²) in [6.07, 6.45) is 1.86. The van der Waals surface area contributed by atoms with Crippen LogP contribution in [0.2, 0.25) is 5.02 Å². The Hall–Kier alpha value is -2.41. The SMILES string of the molecule is O=C(N[C@H]1CCN(c2ccc(Cl)cc2)C1=O)c1cn[nH]n1. The zero-order valence-electron chi connectivity index (χ0n) is 10.9. The summed E-state index contributed by atoms with van der Waals surface area (Å²) >= 11 is 5.83. The number of halogens is 1. The van der Waals surface area contributed by atoms with Crippen LogP contribution in [0.15, 0.2) is 30.5 Å². The van der Waals surface area contributed by atoms with E-state index >= 15 is 0 Å². The van der Waals surface area contributed by atoms with E-state index in [0.717, 1.165) is 5.69 Å². The van der Waals surface area contributed by atoms with Crippen molar-refractivity contribution in [3.05, 3.63) is 41.2 Å². The van der Waals surface area contributed by atoms with Crippen molar-refractivity contribution in [2.75, 3.05) is 11.4 Å². The van der Waals surface area contributed by atoms with Gasteiger partial charge in [0.05, 0.1) is 6.20 Å². The molecule has 7 nitrogen and oxygen atoms in total. The van der Waals surface area contributed by atoms with Gasteiger partial charge in [0.1, 0.15) is 6.04 Å². The average molecular weight is 306 g/mol. The Morgan fingerprint density at radius 1 is 1.38 bits per heavy atom. The largest absolute Gasteiger partial charge is 0.339 e. The van der Waals surface area contributed by atoms with Crippen molar-refractivity contribution in [2.45, 2.75) is 12.5 Å². The van der Waals surface area contributed by atoms with Crippen LogP contribution in [0.1, 0.15) is 16.9 Å². The summed E-state index contributed by atoms with van der Waals surface area (Å²) in [6, 6.07) is 6.46. The number of benzene rings is 1. The molecule has 1 saturated heterocycles. The lowest BCUT2D eigenvalue weighted by Gasteiger charge is -2.17. The number of carbonyl (C=O) groups is 2. The number of hydrogen-bond acceptors (Lipinski definition) is 4. The molecule has 1 aliphatic heterocycles. The number of nitrogens with zero attached hydrogens (tertiary/aromatic N) is 3. The van der Waals surface area contributed by atoms with E-state index in [1.54, 1.807) is 29.2 Å². The van der Waals surface area contributed by atoms with Crippen LogP contribution >= 0.6 is 11.6 Å². The Bertz CT molecular complexity index is 656. The van der Waals surface area contributed by atoms with Gasteiger partial charge in [0.25, 0.3) is 5.91 Å². The molecule has 2 aromatic rings. The van der Waals surface area contributed by atoms with Crippen molar-refractivity contribution in [3.8, 4) is 0 Å². The maximum absolute atomic E-state index is 12.3. The van der Waals surface area contributed by atoms with Crippen LogP contribution in [-0.2, 0) is 4.79 Å². The average Bonchev–Trinajstić information content (AvgIpc) is 3.11. The van der Waals surface area contributed by atoms with Crippen molar-refractivity contribution in [2.24, 2.45) is 0 Å². The Balaban J connectivity index is 1.69. The van der Waals surface area contributed by atoms with Gasteiger partial charge in [-0.2, -0.15) is 15.4 Å². The standard InChI is InChI=1S/C13H12ClN5O2/c14-8-1-3-9(4-2-8)19-6-5-10(13(19)21)16-12(20)11-7-15-18-17-11/h1-4,7,10H,5-6H2,(H,16,20)(H,15,17,18)/t10-/m0/s1. The zero-order valence-corrected chi connectivity index (χ0v) is 11.7. The van der Waals surface area contributed by atoms with Crippen molar-refractivity contribution in [1.29, 1.82) is 0 Å². The second-order valence-electron chi connectivity index (χ2n) is 4.64. The molecule has 2 N–H and O–H groups in total. The van der Waals surface area contributed by atoms with E-state index in [2.05, 4.69) is 20.7 Å². The number of amides is 2. The van der Waals surface area contributed by atoms with Crippen LogP contribution in [0.25, 0.3) is 0 Å². The van der Waals surface area contributed by atoms with Gasteiger partial charge in [-0.3, -0.25) is 9.59 Å².